The maximum absolute atomic E-state index is 12.3. The third kappa shape index (κ3) is 6.20. The molecule has 186 valence electrons. The Hall–Kier alpha value is -3.46. The standard InChI is InChI=1S/C28H30N4O3S/c1-3-4-9-18-35-28(34)32-25-19-21(36-26-12-6-5-11-23(26)27(33)29-2)14-15-22(25)24(31-32)16-13-20-10-7-8-17-30-20/h5-8,10-17,19,28,34H,3-4,9,18H2,1-2H3,(H,29,33)/b16-13+. The first kappa shape index (κ1) is 25.6. The molecule has 4 rings (SSSR count). The van der Waals surface area contributed by atoms with Crippen molar-refractivity contribution in [1.29, 1.82) is 0 Å². The molecular weight excluding hydrogens is 472 g/mol. The van der Waals surface area contributed by atoms with Crippen LogP contribution in [0.1, 0.15) is 54.3 Å². The molecule has 1 atom stereocenters. The van der Waals surface area contributed by atoms with Crippen molar-refractivity contribution in [3.63, 3.8) is 0 Å². The summed E-state index contributed by atoms with van der Waals surface area (Å²) in [6, 6.07) is 19.1. The van der Waals surface area contributed by atoms with Crippen LogP contribution in [0.2, 0.25) is 0 Å². The van der Waals surface area contributed by atoms with E-state index in [0.29, 0.717) is 17.9 Å². The highest BCUT2D eigenvalue weighted by atomic mass is 32.2. The number of aromatic nitrogens is 3. The number of unbranched alkanes of at least 4 members (excludes halogenated alkanes) is 2. The number of rotatable bonds is 11. The highest BCUT2D eigenvalue weighted by molar-refractivity contribution is 7.99. The van der Waals surface area contributed by atoms with Crippen LogP contribution >= 0.6 is 11.8 Å². The molecule has 0 aliphatic rings. The molecule has 1 amide bonds. The number of hydrogen-bond acceptors (Lipinski definition) is 6. The predicted octanol–water partition coefficient (Wildman–Crippen LogP) is 5.77. The highest BCUT2D eigenvalue weighted by Gasteiger charge is 2.17. The molecule has 2 N–H and O–H groups in total. The van der Waals surface area contributed by atoms with Gasteiger partial charge in [0.1, 0.15) is 0 Å². The first-order valence-corrected chi connectivity index (χ1v) is 12.8. The van der Waals surface area contributed by atoms with Crippen molar-refractivity contribution in [1.82, 2.24) is 20.1 Å². The van der Waals surface area contributed by atoms with Gasteiger partial charge in [-0.2, -0.15) is 5.10 Å². The molecule has 0 saturated heterocycles. The van der Waals surface area contributed by atoms with E-state index in [9.17, 15) is 9.90 Å². The van der Waals surface area contributed by atoms with Crippen LogP contribution in [-0.4, -0.2) is 39.4 Å². The molecule has 1 unspecified atom stereocenters. The van der Waals surface area contributed by atoms with Gasteiger partial charge in [0.15, 0.2) is 0 Å². The summed E-state index contributed by atoms with van der Waals surface area (Å²) >= 11 is 1.48. The minimum Gasteiger partial charge on any atom is -0.355 e. The molecule has 0 saturated carbocycles. The normalized spacial score (nSPS) is 12.3. The number of hydrogen-bond donors (Lipinski definition) is 2. The van der Waals surface area contributed by atoms with Crippen molar-refractivity contribution in [2.24, 2.45) is 0 Å². The Bertz CT molecular complexity index is 1340. The number of carbonyl (C=O) groups is 1. The summed E-state index contributed by atoms with van der Waals surface area (Å²) < 4.78 is 7.21. The molecule has 8 heteroatoms. The summed E-state index contributed by atoms with van der Waals surface area (Å²) in [5.74, 6) is -0.137. The van der Waals surface area contributed by atoms with Crippen molar-refractivity contribution in [2.45, 2.75) is 42.4 Å². The number of nitrogens with zero attached hydrogens (tertiary/aromatic N) is 3. The maximum Gasteiger partial charge on any atom is 0.257 e. The van der Waals surface area contributed by atoms with E-state index < -0.39 is 6.41 Å². The van der Waals surface area contributed by atoms with Gasteiger partial charge < -0.3 is 15.2 Å². The average molecular weight is 503 g/mol. The lowest BCUT2D eigenvalue weighted by molar-refractivity contribution is -0.157. The Kier molecular flexibility index (Phi) is 8.89. The van der Waals surface area contributed by atoms with E-state index in [1.54, 1.807) is 19.3 Å². The monoisotopic (exact) mass is 502 g/mol. The van der Waals surface area contributed by atoms with Gasteiger partial charge in [0.05, 0.1) is 29.1 Å². The second-order valence-corrected chi connectivity index (χ2v) is 9.29. The second-order valence-electron chi connectivity index (χ2n) is 8.18. The summed E-state index contributed by atoms with van der Waals surface area (Å²) in [7, 11) is 1.62. The molecule has 2 heterocycles. The van der Waals surface area contributed by atoms with E-state index >= 15 is 0 Å². The van der Waals surface area contributed by atoms with Crippen molar-refractivity contribution >= 4 is 40.7 Å². The topological polar surface area (TPSA) is 89.3 Å². The zero-order valence-corrected chi connectivity index (χ0v) is 21.2. The van der Waals surface area contributed by atoms with Crippen LogP contribution in [-0.2, 0) is 4.74 Å². The Balaban J connectivity index is 1.69. The van der Waals surface area contributed by atoms with Crippen molar-refractivity contribution in [3.05, 3.63) is 83.8 Å². The molecule has 4 aromatic rings. The van der Waals surface area contributed by atoms with E-state index in [0.717, 1.165) is 45.7 Å². The van der Waals surface area contributed by atoms with E-state index in [4.69, 9.17) is 4.74 Å². The third-order valence-corrected chi connectivity index (χ3v) is 6.68. The third-order valence-electron chi connectivity index (χ3n) is 5.62. The number of nitrogens with one attached hydrogen (secondary N) is 1. The minimum absolute atomic E-state index is 0.137. The summed E-state index contributed by atoms with van der Waals surface area (Å²) in [6.45, 7) is 2.57. The smallest absolute Gasteiger partial charge is 0.257 e. The number of benzene rings is 2. The van der Waals surface area contributed by atoms with E-state index in [1.807, 2.05) is 66.7 Å². The van der Waals surface area contributed by atoms with Crippen LogP contribution in [0.3, 0.4) is 0 Å². The number of aliphatic hydroxyl groups excluding tert-OH is 1. The molecule has 0 fully saturated rings. The van der Waals surface area contributed by atoms with E-state index in [1.165, 1.54) is 16.4 Å². The number of pyridine rings is 1. The Labute approximate surface area is 215 Å². The molecule has 36 heavy (non-hydrogen) atoms. The lowest BCUT2D eigenvalue weighted by atomic mass is 10.2. The number of carbonyl (C=O) groups excluding carboxylic acids is 1. The van der Waals surface area contributed by atoms with Crippen LogP contribution in [0.25, 0.3) is 23.1 Å². The van der Waals surface area contributed by atoms with Gasteiger partial charge in [-0.05, 0) is 61.0 Å². The fourth-order valence-electron chi connectivity index (χ4n) is 3.75. The minimum atomic E-state index is -1.21. The molecule has 0 aliphatic heterocycles. The average Bonchev–Trinajstić information content (AvgIpc) is 3.28. The summed E-state index contributed by atoms with van der Waals surface area (Å²) in [5.41, 5.74) is 2.86. The molecule has 0 spiro atoms. The number of amides is 1. The zero-order chi connectivity index (χ0) is 25.3. The first-order chi connectivity index (χ1) is 17.6. The van der Waals surface area contributed by atoms with Gasteiger partial charge in [-0.15, -0.1) is 0 Å². The number of fused-ring (bicyclic) bond motifs is 1. The number of ether oxygens (including phenoxy) is 1. The molecule has 2 aromatic carbocycles. The van der Waals surface area contributed by atoms with Gasteiger partial charge in [-0.25, -0.2) is 4.68 Å². The quantitative estimate of drug-likeness (QED) is 0.200. The van der Waals surface area contributed by atoms with Gasteiger partial charge >= 0.3 is 0 Å². The SMILES string of the molecule is CCCCCOC(O)n1nc(/C=C/c2ccccn2)c2ccc(Sc3ccccc3C(=O)NC)cc21. The molecule has 0 radical (unpaired) electrons. The summed E-state index contributed by atoms with van der Waals surface area (Å²) in [4.78, 5) is 18.4. The molecule has 0 bridgehead atoms. The van der Waals surface area contributed by atoms with E-state index in [2.05, 4.69) is 22.3 Å². The Morgan fingerprint density at radius 1 is 1.14 bits per heavy atom. The van der Waals surface area contributed by atoms with Crippen molar-refractivity contribution < 1.29 is 14.6 Å². The van der Waals surface area contributed by atoms with Gasteiger partial charge in [0, 0.05) is 28.4 Å². The van der Waals surface area contributed by atoms with Crippen molar-refractivity contribution in [3.8, 4) is 0 Å². The molecule has 0 aliphatic carbocycles. The van der Waals surface area contributed by atoms with Crippen molar-refractivity contribution in [2.75, 3.05) is 13.7 Å². The maximum atomic E-state index is 12.3. The Morgan fingerprint density at radius 3 is 2.75 bits per heavy atom. The van der Waals surface area contributed by atoms with Gasteiger partial charge in [0.25, 0.3) is 12.3 Å². The van der Waals surface area contributed by atoms with E-state index in [-0.39, 0.29) is 5.91 Å². The fourth-order valence-corrected chi connectivity index (χ4v) is 4.73. The lowest BCUT2D eigenvalue weighted by Gasteiger charge is -2.14. The number of aliphatic hydroxyl groups is 1. The van der Waals surface area contributed by atoms with Crippen LogP contribution in [0.15, 0.2) is 76.7 Å². The van der Waals surface area contributed by atoms with Gasteiger partial charge in [-0.3, -0.25) is 9.78 Å². The van der Waals surface area contributed by atoms with Crippen LogP contribution in [0.4, 0.5) is 0 Å². The van der Waals surface area contributed by atoms with Crippen LogP contribution in [0, 0.1) is 0 Å². The molecule has 7 nitrogen and oxygen atoms in total. The summed E-state index contributed by atoms with van der Waals surface area (Å²) in [5, 5.41) is 19.1. The largest absolute Gasteiger partial charge is 0.355 e. The summed E-state index contributed by atoms with van der Waals surface area (Å²) in [6.07, 6.45) is 7.29. The van der Waals surface area contributed by atoms with Crippen LogP contribution in [0.5, 0.6) is 0 Å². The molecule has 2 aromatic heterocycles. The predicted molar refractivity (Wildman–Crippen MR) is 144 cm³/mol. The molecular formula is C28H30N4O3S. The van der Waals surface area contributed by atoms with Crippen LogP contribution < -0.4 is 5.32 Å². The zero-order valence-electron chi connectivity index (χ0n) is 20.4. The van der Waals surface area contributed by atoms with Gasteiger partial charge in [-0.1, -0.05) is 49.7 Å². The van der Waals surface area contributed by atoms with Gasteiger partial charge in [0.2, 0.25) is 0 Å². The first-order valence-electron chi connectivity index (χ1n) is 12.0. The fraction of sp³-hybridized carbons (Fsp3) is 0.250. The Morgan fingerprint density at radius 2 is 1.97 bits per heavy atom. The lowest BCUT2D eigenvalue weighted by Crippen LogP contribution is -2.18. The highest BCUT2D eigenvalue weighted by Crippen LogP contribution is 2.34. The second kappa shape index (κ2) is 12.5.